The third-order valence-electron chi connectivity index (χ3n) is 5.05. The summed E-state index contributed by atoms with van der Waals surface area (Å²) in [7, 11) is 1.45. The van der Waals surface area contributed by atoms with E-state index in [0.717, 1.165) is 15.9 Å². The predicted molar refractivity (Wildman–Crippen MR) is 116 cm³/mol. The van der Waals surface area contributed by atoms with Crippen LogP contribution in [0.25, 0.3) is 0 Å². The average Bonchev–Trinajstić information content (AvgIpc) is 2.74. The number of methoxy groups -OCH3 is 1. The van der Waals surface area contributed by atoms with Gasteiger partial charge in [-0.3, -0.25) is 0 Å². The van der Waals surface area contributed by atoms with Crippen LogP contribution in [0.15, 0.2) is 91.0 Å². The molecule has 3 rings (SSSR count). The third-order valence-corrected chi connectivity index (χ3v) is 16.2. The number of rotatable bonds is 5. The van der Waals surface area contributed by atoms with Crippen LogP contribution in [-0.4, -0.2) is 18.7 Å². The Morgan fingerprint density at radius 2 is 1.08 bits per heavy atom. The second kappa shape index (κ2) is 7.34. The van der Waals surface area contributed by atoms with E-state index in [1.807, 2.05) is 61.5 Å². The summed E-state index contributed by atoms with van der Waals surface area (Å²) in [6.07, 6.45) is 0. The fourth-order valence-electron chi connectivity index (χ4n) is 3.64. The minimum atomic E-state index is -3.29. The van der Waals surface area contributed by atoms with E-state index in [1.54, 1.807) is 0 Å². The fraction of sp³-hybridized carbons (Fsp3) is 0.136. The van der Waals surface area contributed by atoms with Crippen molar-refractivity contribution in [1.29, 1.82) is 0 Å². The first kappa shape index (κ1) is 18.8. The van der Waals surface area contributed by atoms with E-state index in [9.17, 15) is 4.79 Å². The van der Waals surface area contributed by atoms with Gasteiger partial charge in [0, 0.05) is 0 Å². The molecule has 1 unspecified atom stereocenters. The zero-order valence-corrected chi connectivity index (χ0v) is 17.4. The van der Waals surface area contributed by atoms with E-state index in [2.05, 4.69) is 51.9 Å². The normalized spacial score (nSPS) is 14.0. The maximum atomic E-state index is 12.9. The van der Waals surface area contributed by atoms with Gasteiger partial charge < -0.3 is 0 Å². The first-order chi connectivity index (χ1) is 12.5. The number of carbonyl (C=O) groups excluding carboxylic acids is 1. The SMILES string of the molecule is COC(=O)C(C)P(Br)(c1ccccc1)(c1ccccc1)c1ccccc1. The molecule has 1 atom stereocenters. The molecule has 0 aliphatic carbocycles. The first-order valence-corrected chi connectivity index (χ1v) is 12.8. The molecule has 0 aliphatic rings. The van der Waals surface area contributed by atoms with Gasteiger partial charge in [0.05, 0.1) is 0 Å². The monoisotopic (exact) mass is 428 g/mol. The summed E-state index contributed by atoms with van der Waals surface area (Å²) in [6, 6.07) is 30.7. The molecule has 2 nitrogen and oxygen atoms in total. The van der Waals surface area contributed by atoms with E-state index < -0.39 is 11.0 Å². The Morgan fingerprint density at radius 1 is 0.769 bits per heavy atom. The van der Waals surface area contributed by atoms with Gasteiger partial charge in [0.2, 0.25) is 0 Å². The summed E-state index contributed by atoms with van der Waals surface area (Å²) in [5, 5.41) is 0.0265. The van der Waals surface area contributed by atoms with E-state index in [4.69, 9.17) is 4.74 Å². The van der Waals surface area contributed by atoms with Gasteiger partial charge in [-0.1, -0.05) is 0 Å². The van der Waals surface area contributed by atoms with Crippen molar-refractivity contribution in [2.75, 3.05) is 7.11 Å². The number of halogens is 1. The van der Waals surface area contributed by atoms with Crippen molar-refractivity contribution in [3.63, 3.8) is 0 Å². The number of hydrogen-bond acceptors (Lipinski definition) is 2. The molecule has 0 spiro atoms. The number of hydrogen-bond donors (Lipinski definition) is 0. The van der Waals surface area contributed by atoms with Crippen LogP contribution in [-0.2, 0) is 9.53 Å². The molecule has 3 aromatic carbocycles. The van der Waals surface area contributed by atoms with Crippen LogP contribution in [0.4, 0.5) is 0 Å². The summed E-state index contributed by atoms with van der Waals surface area (Å²) >= 11 is 4.25. The van der Waals surface area contributed by atoms with Gasteiger partial charge in [-0.2, -0.15) is 0 Å². The molecule has 0 aromatic heterocycles. The molecule has 0 N–H and O–H groups in total. The summed E-state index contributed by atoms with van der Waals surface area (Å²) in [6.45, 7) is 1.96. The molecule has 0 radical (unpaired) electrons. The number of benzene rings is 3. The summed E-state index contributed by atoms with van der Waals surface area (Å²) in [4.78, 5) is 12.9. The van der Waals surface area contributed by atoms with Crippen LogP contribution >= 0.6 is 20.8 Å². The van der Waals surface area contributed by atoms with Crippen molar-refractivity contribution >= 4 is 42.7 Å². The molecule has 0 bridgehead atoms. The molecule has 0 amide bonds. The zero-order valence-electron chi connectivity index (χ0n) is 14.9. The second-order valence-corrected chi connectivity index (χ2v) is 15.2. The van der Waals surface area contributed by atoms with Crippen LogP contribution in [0.3, 0.4) is 0 Å². The molecule has 0 fully saturated rings. The molecule has 0 saturated carbocycles. The quantitative estimate of drug-likeness (QED) is 0.445. The molecule has 26 heavy (non-hydrogen) atoms. The molecule has 0 heterocycles. The van der Waals surface area contributed by atoms with Gasteiger partial charge in [-0.15, -0.1) is 0 Å². The van der Waals surface area contributed by atoms with Gasteiger partial charge in [0.15, 0.2) is 0 Å². The van der Waals surface area contributed by atoms with Crippen molar-refractivity contribution in [2.24, 2.45) is 0 Å². The Balaban J connectivity index is 2.50. The Kier molecular flexibility index (Phi) is 5.32. The van der Waals surface area contributed by atoms with Crippen LogP contribution in [0.2, 0.25) is 0 Å². The molecular weight excluding hydrogens is 407 g/mol. The average molecular weight is 429 g/mol. The van der Waals surface area contributed by atoms with Crippen molar-refractivity contribution in [1.82, 2.24) is 0 Å². The van der Waals surface area contributed by atoms with Crippen molar-refractivity contribution in [3.05, 3.63) is 91.0 Å². The summed E-state index contributed by atoms with van der Waals surface area (Å²) < 4.78 is 5.21. The molecule has 0 saturated heterocycles. The number of ether oxygens (including phenoxy) is 1. The van der Waals surface area contributed by atoms with Crippen molar-refractivity contribution in [2.45, 2.75) is 12.6 Å². The van der Waals surface area contributed by atoms with E-state index in [-0.39, 0.29) is 5.97 Å². The summed E-state index contributed by atoms with van der Waals surface area (Å²) in [5.74, 6) is -0.226. The predicted octanol–water partition coefficient (Wildman–Crippen LogP) is 4.39. The van der Waals surface area contributed by atoms with E-state index in [0.29, 0.717) is 0 Å². The number of carbonyl (C=O) groups is 1. The topological polar surface area (TPSA) is 26.3 Å². The molecule has 134 valence electrons. The van der Waals surface area contributed by atoms with Crippen LogP contribution in [0.1, 0.15) is 6.92 Å². The Labute approximate surface area is 162 Å². The van der Waals surface area contributed by atoms with Gasteiger partial charge in [0.1, 0.15) is 0 Å². The van der Waals surface area contributed by atoms with Crippen LogP contribution in [0.5, 0.6) is 0 Å². The Morgan fingerprint density at radius 3 is 1.35 bits per heavy atom. The fourth-order valence-corrected chi connectivity index (χ4v) is 11.3. The molecule has 3 aromatic rings. The van der Waals surface area contributed by atoms with Crippen molar-refractivity contribution < 1.29 is 9.53 Å². The minimum absolute atomic E-state index is 0.226. The van der Waals surface area contributed by atoms with Gasteiger partial charge in [-0.25, -0.2) is 0 Å². The third kappa shape index (κ3) is 2.71. The van der Waals surface area contributed by atoms with Crippen molar-refractivity contribution in [3.8, 4) is 0 Å². The molecular formula is C22H22BrO2P. The van der Waals surface area contributed by atoms with Gasteiger partial charge >= 0.3 is 163 Å². The molecule has 4 heteroatoms. The van der Waals surface area contributed by atoms with Gasteiger partial charge in [-0.05, 0) is 0 Å². The Hall–Kier alpha value is -1.96. The van der Waals surface area contributed by atoms with Crippen LogP contribution in [0, 0.1) is 0 Å². The maximum absolute atomic E-state index is 12.9. The number of esters is 1. The van der Waals surface area contributed by atoms with Crippen LogP contribution < -0.4 is 15.9 Å². The van der Waals surface area contributed by atoms with E-state index >= 15 is 0 Å². The standard InChI is InChI=1S/C22H22BrO2P/c1-18(22(24)25-2)26(23,19-12-6-3-7-13-19,20-14-8-4-9-15-20)21-16-10-5-11-17-21/h3-18H,1-2H3. The zero-order chi connectivity index (χ0) is 18.6. The summed E-state index contributed by atoms with van der Waals surface area (Å²) in [5.41, 5.74) is -0.391. The Bertz CT molecular complexity index is 782. The van der Waals surface area contributed by atoms with Gasteiger partial charge in [0.25, 0.3) is 0 Å². The second-order valence-electron chi connectivity index (χ2n) is 6.28. The molecule has 0 aliphatic heterocycles. The first-order valence-electron chi connectivity index (χ1n) is 8.51. The van der Waals surface area contributed by atoms with E-state index in [1.165, 1.54) is 7.11 Å².